The molecule has 6 nitrogen and oxygen atoms in total. The van der Waals surface area contributed by atoms with E-state index in [1.54, 1.807) is 35.2 Å². The molecule has 1 aliphatic heterocycles. The number of hydrogen-bond donors (Lipinski definition) is 2. The van der Waals surface area contributed by atoms with Crippen LogP contribution in [0.5, 0.6) is 0 Å². The van der Waals surface area contributed by atoms with Crippen molar-refractivity contribution in [3.63, 3.8) is 0 Å². The molecule has 156 valence electrons. The molecule has 2 aromatic rings. The van der Waals surface area contributed by atoms with Gasteiger partial charge in [0.05, 0.1) is 4.90 Å². The summed E-state index contributed by atoms with van der Waals surface area (Å²) in [5, 5.41) is 6.57. The first-order valence-corrected chi connectivity index (χ1v) is 12.2. The number of rotatable bonds is 8. The maximum atomic E-state index is 12.6. The molecule has 0 aliphatic carbocycles. The van der Waals surface area contributed by atoms with Crippen molar-refractivity contribution in [3.05, 3.63) is 60.2 Å². The van der Waals surface area contributed by atoms with Crippen molar-refractivity contribution in [2.75, 3.05) is 32.4 Å². The maximum Gasteiger partial charge on any atom is 0.243 e. The third-order valence-corrected chi connectivity index (χ3v) is 7.64. The monoisotopic (exact) mass is 432 g/mol. The van der Waals surface area contributed by atoms with Crippen LogP contribution in [0.15, 0.2) is 69.4 Å². The molecule has 0 atom stereocenters. The largest absolute Gasteiger partial charge is 0.356 e. The zero-order valence-corrected chi connectivity index (χ0v) is 18.3. The molecule has 0 amide bonds. The van der Waals surface area contributed by atoms with E-state index < -0.39 is 10.0 Å². The first-order valence-electron chi connectivity index (χ1n) is 9.81. The molecule has 0 radical (unpaired) electrons. The highest BCUT2D eigenvalue weighted by atomic mass is 32.2. The van der Waals surface area contributed by atoms with Gasteiger partial charge in [-0.3, -0.25) is 4.99 Å². The van der Waals surface area contributed by atoms with Gasteiger partial charge in [0.25, 0.3) is 0 Å². The van der Waals surface area contributed by atoms with Crippen LogP contribution < -0.4 is 10.6 Å². The van der Waals surface area contributed by atoms with Crippen molar-refractivity contribution in [1.29, 1.82) is 0 Å². The predicted octanol–water partition coefficient (Wildman–Crippen LogP) is 2.93. The quantitative estimate of drug-likeness (QED) is 0.290. The van der Waals surface area contributed by atoms with Gasteiger partial charge in [-0.05, 0) is 42.7 Å². The molecule has 3 rings (SSSR count). The molecule has 0 aromatic heterocycles. The number of sulfonamides is 1. The Bertz CT molecular complexity index is 894. The summed E-state index contributed by atoms with van der Waals surface area (Å²) >= 11 is 1.80. The highest BCUT2D eigenvalue weighted by Crippen LogP contribution is 2.21. The third kappa shape index (κ3) is 6.22. The van der Waals surface area contributed by atoms with E-state index in [0.29, 0.717) is 24.5 Å². The average Bonchev–Trinajstić information content (AvgIpc) is 3.30. The van der Waals surface area contributed by atoms with Crippen molar-refractivity contribution in [3.8, 4) is 0 Å². The van der Waals surface area contributed by atoms with E-state index >= 15 is 0 Å². The van der Waals surface area contributed by atoms with Crippen LogP contribution in [0, 0.1) is 0 Å². The van der Waals surface area contributed by atoms with Gasteiger partial charge in [-0.2, -0.15) is 4.31 Å². The van der Waals surface area contributed by atoms with Crippen LogP contribution in [0.4, 0.5) is 0 Å². The van der Waals surface area contributed by atoms with Gasteiger partial charge in [0.15, 0.2) is 5.96 Å². The van der Waals surface area contributed by atoms with E-state index in [1.165, 1.54) is 4.90 Å². The van der Waals surface area contributed by atoms with Gasteiger partial charge >= 0.3 is 0 Å². The summed E-state index contributed by atoms with van der Waals surface area (Å²) in [5.41, 5.74) is 1.01. The number of aliphatic imine (C=N–C) groups is 1. The second-order valence-electron chi connectivity index (χ2n) is 6.77. The lowest BCUT2D eigenvalue weighted by atomic mass is 10.2. The Morgan fingerprint density at radius 3 is 2.38 bits per heavy atom. The molecule has 8 heteroatoms. The molecular weight excluding hydrogens is 404 g/mol. The SMILES string of the molecule is CN=C(NCCSc1ccccc1)NCc1ccc(S(=O)(=O)N2CCCC2)cc1. The third-order valence-electron chi connectivity index (χ3n) is 4.72. The fourth-order valence-corrected chi connectivity index (χ4v) is 5.42. The summed E-state index contributed by atoms with van der Waals surface area (Å²) < 4.78 is 26.7. The molecule has 2 aromatic carbocycles. The Kier molecular flexibility index (Phi) is 7.97. The smallest absolute Gasteiger partial charge is 0.243 e. The number of guanidine groups is 1. The molecule has 0 unspecified atom stereocenters. The Morgan fingerprint density at radius 1 is 1.03 bits per heavy atom. The zero-order valence-electron chi connectivity index (χ0n) is 16.7. The van der Waals surface area contributed by atoms with Gasteiger partial charge in [0.2, 0.25) is 10.0 Å². The summed E-state index contributed by atoms with van der Waals surface area (Å²) in [5.74, 6) is 1.67. The fourth-order valence-electron chi connectivity index (χ4n) is 3.12. The molecule has 29 heavy (non-hydrogen) atoms. The predicted molar refractivity (Wildman–Crippen MR) is 120 cm³/mol. The fraction of sp³-hybridized carbons (Fsp3) is 0.381. The Morgan fingerprint density at radius 2 is 1.72 bits per heavy atom. The van der Waals surface area contributed by atoms with E-state index in [1.807, 2.05) is 30.3 Å². The van der Waals surface area contributed by atoms with Crippen LogP contribution >= 0.6 is 11.8 Å². The van der Waals surface area contributed by atoms with Crippen molar-refractivity contribution in [2.24, 2.45) is 4.99 Å². The Balaban J connectivity index is 1.44. The molecule has 1 fully saturated rings. The van der Waals surface area contributed by atoms with E-state index in [0.717, 1.165) is 36.7 Å². The van der Waals surface area contributed by atoms with Gasteiger partial charge in [0.1, 0.15) is 0 Å². The summed E-state index contributed by atoms with van der Waals surface area (Å²) in [4.78, 5) is 5.85. The summed E-state index contributed by atoms with van der Waals surface area (Å²) in [6.45, 7) is 2.62. The molecule has 0 saturated carbocycles. The topological polar surface area (TPSA) is 73.8 Å². The van der Waals surface area contributed by atoms with E-state index in [4.69, 9.17) is 0 Å². The second-order valence-corrected chi connectivity index (χ2v) is 9.88. The molecule has 2 N–H and O–H groups in total. The van der Waals surface area contributed by atoms with Gasteiger partial charge in [-0.1, -0.05) is 30.3 Å². The molecule has 1 saturated heterocycles. The molecule has 0 spiro atoms. The molecule has 1 heterocycles. The molecule has 1 aliphatic rings. The van der Waals surface area contributed by atoms with Crippen LogP contribution in [0.3, 0.4) is 0 Å². The zero-order chi connectivity index (χ0) is 20.5. The van der Waals surface area contributed by atoms with Crippen LogP contribution in [-0.2, 0) is 16.6 Å². The lowest BCUT2D eigenvalue weighted by Crippen LogP contribution is -2.37. The maximum absolute atomic E-state index is 12.6. The standard InChI is InChI=1S/C21H28N4O2S2/c1-22-21(23-13-16-28-19-7-3-2-4-8-19)24-17-18-9-11-20(12-10-18)29(26,27)25-14-5-6-15-25/h2-4,7-12H,5-6,13-17H2,1H3,(H2,22,23,24). The summed E-state index contributed by atoms with van der Waals surface area (Å²) in [7, 11) is -1.61. The highest BCUT2D eigenvalue weighted by molar-refractivity contribution is 7.99. The Hall–Kier alpha value is -2.03. The summed E-state index contributed by atoms with van der Waals surface area (Å²) in [6, 6.07) is 17.4. The van der Waals surface area contributed by atoms with Crippen LogP contribution in [0.1, 0.15) is 18.4 Å². The van der Waals surface area contributed by atoms with Gasteiger partial charge in [-0.15, -0.1) is 11.8 Å². The molecular formula is C21H28N4O2S2. The van der Waals surface area contributed by atoms with Crippen molar-refractivity contribution < 1.29 is 8.42 Å². The van der Waals surface area contributed by atoms with E-state index in [9.17, 15) is 8.42 Å². The normalized spacial score (nSPS) is 15.4. The number of thioether (sulfide) groups is 1. The van der Waals surface area contributed by atoms with E-state index in [-0.39, 0.29) is 0 Å². The summed E-state index contributed by atoms with van der Waals surface area (Å²) in [6.07, 6.45) is 1.88. The average molecular weight is 433 g/mol. The van der Waals surface area contributed by atoms with Gasteiger partial charge in [0, 0.05) is 43.9 Å². The number of nitrogens with one attached hydrogen (secondary N) is 2. The van der Waals surface area contributed by atoms with Crippen molar-refractivity contribution in [2.45, 2.75) is 29.2 Å². The van der Waals surface area contributed by atoms with Crippen LogP contribution in [-0.4, -0.2) is 51.1 Å². The Labute approximate surface area is 177 Å². The number of nitrogens with zero attached hydrogens (tertiary/aromatic N) is 2. The highest BCUT2D eigenvalue weighted by Gasteiger charge is 2.26. The number of hydrogen-bond acceptors (Lipinski definition) is 4. The van der Waals surface area contributed by atoms with Crippen molar-refractivity contribution >= 4 is 27.7 Å². The van der Waals surface area contributed by atoms with Gasteiger partial charge in [-0.25, -0.2) is 8.42 Å². The first kappa shape index (κ1) is 21.7. The number of benzene rings is 2. The molecule has 0 bridgehead atoms. The minimum Gasteiger partial charge on any atom is -0.356 e. The lowest BCUT2D eigenvalue weighted by Gasteiger charge is -2.16. The van der Waals surface area contributed by atoms with Crippen LogP contribution in [0.25, 0.3) is 0 Å². The second kappa shape index (κ2) is 10.7. The van der Waals surface area contributed by atoms with Crippen molar-refractivity contribution in [1.82, 2.24) is 14.9 Å². The minimum atomic E-state index is -3.35. The lowest BCUT2D eigenvalue weighted by molar-refractivity contribution is 0.477. The van der Waals surface area contributed by atoms with Crippen LogP contribution in [0.2, 0.25) is 0 Å². The minimum absolute atomic E-state index is 0.364. The van der Waals surface area contributed by atoms with Gasteiger partial charge < -0.3 is 10.6 Å². The first-order chi connectivity index (χ1) is 14.1. The van der Waals surface area contributed by atoms with E-state index in [2.05, 4.69) is 27.8 Å².